The van der Waals surface area contributed by atoms with Gasteiger partial charge in [0.1, 0.15) is 18.3 Å². The molecule has 2 saturated heterocycles. The summed E-state index contributed by atoms with van der Waals surface area (Å²) in [6, 6.07) is -0.494. The first-order valence-electron chi connectivity index (χ1n) is 7.61. The van der Waals surface area contributed by atoms with Gasteiger partial charge in [-0.25, -0.2) is 4.98 Å². The molecule has 3 rings (SSSR count). The minimum Gasteiger partial charge on any atom is -0.481 e. The van der Waals surface area contributed by atoms with Gasteiger partial charge < -0.3 is 28.8 Å². The quantitative estimate of drug-likeness (QED) is 0.455. The number of aromatic nitrogens is 2. The van der Waals surface area contributed by atoms with E-state index in [2.05, 4.69) is 20.0 Å². The van der Waals surface area contributed by atoms with Crippen LogP contribution in [0.1, 0.15) is 11.7 Å². The van der Waals surface area contributed by atoms with Crippen LogP contribution in [0.15, 0.2) is 11.3 Å². The lowest BCUT2D eigenvalue weighted by atomic mass is 9.94. The van der Waals surface area contributed by atoms with Crippen molar-refractivity contribution in [3.63, 3.8) is 0 Å². The van der Waals surface area contributed by atoms with Crippen LogP contribution in [-0.2, 0) is 14.2 Å². The van der Waals surface area contributed by atoms with Crippen LogP contribution in [0.2, 0.25) is 0 Å². The second kappa shape index (κ2) is 7.38. The van der Waals surface area contributed by atoms with Gasteiger partial charge in [0.2, 0.25) is 5.88 Å². The highest BCUT2D eigenvalue weighted by Crippen LogP contribution is 2.42. The Balaban J connectivity index is 1.92. The van der Waals surface area contributed by atoms with Gasteiger partial charge in [0.25, 0.3) is 0 Å². The number of rotatable bonds is 5. The molecule has 11 nitrogen and oxygen atoms in total. The molecule has 25 heavy (non-hydrogen) atoms. The van der Waals surface area contributed by atoms with Gasteiger partial charge in [0.05, 0.1) is 44.6 Å². The van der Waals surface area contributed by atoms with Crippen LogP contribution in [0.4, 0.5) is 0 Å². The molecule has 0 radical (unpaired) electrons. The zero-order chi connectivity index (χ0) is 18.0. The summed E-state index contributed by atoms with van der Waals surface area (Å²) in [6.07, 6.45) is -2.14. The van der Waals surface area contributed by atoms with Crippen molar-refractivity contribution >= 4 is 0 Å². The van der Waals surface area contributed by atoms with Crippen molar-refractivity contribution < 1.29 is 28.8 Å². The first kappa shape index (κ1) is 17.6. The maximum absolute atomic E-state index is 10.7. The van der Waals surface area contributed by atoms with E-state index in [0.29, 0.717) is 5.56 Å². The van der Waals surface area contributed by atoms with Crippen molar-refractivity contribution in [3.05, 3.63) is 22.2 Å². The highest BCUT2D eigenvalue weighted by Gasteiger charge is 2.53. The van der Waals surface area contributed by atoms with Crippen LogP contribution < -0.4 is 9.47 Å². The largest absolute Gasteiger partial charge is 0.481 e. The second-order valence-corrected chi connectivity index (χ2v) is 5.60. The van der Waals surface area contributed by atoms with Crippen molar-refractivity contribution in [2.75, 3.05) is 27.9 Å². The Morgan fingerprint density at radius 1 is 1.32 bits per heavy atom. The van der Waals surface area contributed by atoms with Crippen molar-refractivity contribution in [3.8, 4) is 11.9 Å². The van der Waals surface area contributed by atoms with E-state index in [0.717, 1.165) is 0 Å². The number of aliphatic hydroxyl groups is 1. The second-order valence-electron chi connectivity index (χ2n) is 5.60. The summed E-state index contributed by atoms with van der Waals surface area (Å²) in [5, 5.41) is 14.4. The average molecular weight is 353 g/mol. The van der Waals surface area contributed by atoms with Crippen LogP contribution in [0.5, 0.6) is 11.9 Å². The molecular formula is C14H19N5O6. The summed E-state index contributed by atoms with van der Waals surface area (Å²) >= 11 is 0. The van der Waals surface area contributed by atoms with Gasteiger partial charge >= 0.3 is 6.01 Å². The fourth-order valence-electron chi connectivity index (χ4n) is 3.16. The third kappa shape index (κ3) is 3.08. The van der Waals surface area contributed by atoms with Crippen molar-refractivity contribution in [1.29, 1.82) is 0 Å². The third-order valence-corrected chi connectivity index (χ3v) is 4.37. The molecule has 1 unspecified atom stereocenters. The van der Waals surface area contributed by atoms with E-state index in [1.54, 1.807) is 0 Å². The minimum atomic E-state index is -1.01. The Morgan fingerprint density at radius 2 is 2.12 bits per heavy atom. The number of azide groups is 1. The highest BCUT2D eigenvalue weighted by molar-refractivity contribution is 5.30. The molecule has 2 fully saturated rings. The summed E-state index contributed by atoms with van der Waals surface area (Å²) in [6.45, 7) is 0.185. The highest BCUT2D eigenvalue weighted by atomic mass is 16.6. The van der Waals surface area contributed by atoms with Gasteiger partial charge in [0.15, 0.2) is 0 Å². The number of aliphatic hydroxyl groups excluding tert-OH is 1. The average Bonchev–Trinajstić information content (AvgIpc) is 2.98. The fourth-order valence-corrected chi connectivity index (χ4v) is 3.16. The number of fused-ring (bicyclic) bond motifs is 1. The van der Waals surface area contributed by atoms with Crippen LogP contribution in [0, 0.1) is 0 Å². The first-order valence-corrected chi connectivity index (χ1v) is 7.61. The molecule has 136 valence electrons. The van der Waals surface area contributed by atoms with E-state index in [-0.39, 0.29) is 18.5 Å². The predicted molar refractivity (Wildman–Crippen MR) is 82.2 cm³/mol. The summed E-state index contributed by atoms with van der Waals surface area (Å²) in [5.41, 5.74) is 9.28. The number of nitrogens with zero attached hydrogens (tertiary/aromatic N) is 5. The molecule has 2 aliphatic heterocycles. The van der Waals surface area contributed by atoms with Gasteiger partial charge in [-0.05, 0) is 5.53 Å². The zero-order valence-electron chi connectivity index (χ0n) is 14.0. The molecule has 0 bridgehead atoms. The number of hydrogen-bond donors (Lipinski definition) is 1. The molecule has 2 aliphatic rings. The van der Waals surface area contributed by atoms with Gasteiger partial charge in [-0.2, -0.15) is 4.98 Å². The van der Waals surface area contributed by atoms with Crippen molar-refractivity contribution in [1.82, 2.24) is 9.97 Å². The molecule has 3 heterocycles. The SMILES string of the molecule is COc1ncc([C@@H]2O[C@@H]3[C@H](N=[N+]=[N-])[C@H](OC)CO[C@H]3C2O)c(OC)n1. The Labute approximate surface area is 143 Å². The summed E-state index contributed by atoms with van der Waals surface area (Å²) in [4.78, 5) is 11.0. The van der Waals surface area contributed by atoms with Gasteiger partial charge in [-0.15, -0.1) is 0 Å². The Morgan fingerprint density at radius 3 is 2.76 bits per heavy atom. The van der Waals surface area contributed by atoms with Gasteiger partial charge in [0, 0.05) is 18.2 Å². The summed E-state index contributed by atoms with van der Waals surface area (Å²) in [5.74, 6) is 0.221. The molecule has 1 aromatic heterocycles. The number of ether oxygens (including phenoxy) is 5. The molecule has 0 aromatic carbocycles. The molecule has 0 spiro atoms. The maximum atomic E-state index is 10.7. The molecule has 1 N–H and O–H groups in total. The van der Waals surface area contributed by atoms with Crippen LogP contribution >= 0.6 is 0 Å². The normalized spacial score (nSPS) is 34.1. The molecule has 0 amide bonds. The lowest BCUT2D eigenvalue weighted by Gasteiger charge is -2.36. The number of hydrogen-bond acceptors (Lipinski definition) is 9. The lowest BCUT2D eigenvalue weighted by molar-refractivity contribution is -0.138. The fraction of sp³-hybridized carbons (Fsp3) is 0.714. The van der Waals surface area contributed by atoms with E-state index < -0.39 is 36.6 Å². The Bertz CT molecular complexity index is 669. The Hall–Kier alpha value is -2.17. The van der Waals surface area contributed by atoms with E-state index in [4.69, 9.17) is 29.2 Å². The molecule has 1 aromatic rings. The molecule has 0 aliphatic carbocycles. The summed E-state index contributed by atoms with van der Waals surface area (Å²) in [7, 11) is 4.38. The first-order chi connectivity index (χ1) is 12.1. The lowest BCUT2D eigenvalue weighted by Crippen LogP contribution is -2.53. The van der Waals surface area contributed by atoms with E-state index in [1.165, 1.54) is 27.5 Å². The molecule has 0 saturated carbocycles. The number of methoxy groups -OCH3 is 3. The predicted octanol–water partition coefficient (Wildman–Crippen LogP) is 0.387. The van der Waals surface area contributed by atoms with Crippen molar-refractivity contribution in [2.24, 2.45) is 5.11 Å². The van der Waals surface area contributed by atoms with Crippen LogP contribution in [0.3, 0.4) is 0 Å². The van der Waals surface area contributed by atoms with Gasteiger partial charge in [-0.1, -0.05) is 5.11 Å². The topological polar surface area (TPSA) is 141 Å². The smallest absolute Gasteiger partial charge is 0.319 e. The molecular weight excluding hydrogens is 334 g/mol. The minimum absolute atomic E-state index is 0.133. The van der Waals surface area contributed by atoms with Crippen LogP contribution in [0.25, 0.3) is 10.4 Å². The maximum Gasteiger partial charge on any atom is 0.319 e. The Kier molecular flexibility index (Phi) is 5.21. The van der Waals surface area contributed by atoms with Crippen molar-refractivity contribution in [2.45, 2.75) is 36.6 Å². The molecule has 11 heteroatoms. The van der Waals surface area contributed by atoms with Crippen LogP contribution in [-0.4, -0.2) is 73.5 Å². The van der Waals surface area contributed by atoms with E-state index in [9.17, 15) is 5.11 Å². The molecule has 6 atom stereocenters. The zero-order valence-corrected chi connectivity index (χ0v) is 14.0. The van der Waals surface area contributed by atoms with E-state index in [1.807, 2.05) is 0 Å². The van der Waals surface area contributed by atoms with Gasteiger partial charge in [-0.3, -0.25) is 0 Å². The van der Waals surface area contributed by atoms with E-state index >= 15 is 0 Å². The summed E-state index contributed by atoms with van der Waals surface area (Å²) < 4.78 is 27.1. The third-order valence-electron chi connectivity index (χ3n) is 4.37. The standard InChI is InChI=1S/C14H19N5O6/c1-21-7-5-24-12-9(20)10(25-11(12)8(7)18-19-15)6-4-16-14(23-3)17-13(6)22-2/h4,7-12,20H,5H2,1-3H3/t7-,8-,9?,10+,11-,12+/m1/s1. The monoisotopic (exact) mass is 353 g/mol.